The van der Waals surface area contributed by atoms with Gasteiger partial charge in [0.1, 0.15) is 5.56 Å². The van der Waals surface area contributed by atoms with Crippen molar-refractivity contribution in [1.29, 1.82) is 0 Å². The summed E-state index contributed by atoms with van der Waals surface area (Å²) in [6.45, 7) is 0.0608. The van der Waals surface area contributed by atoms with E-state index in [1.54, 1.807) is 24.3 Å². The zero-order valence-electron chi connectivity index (χ0n) is 11.2. The van der Waals surface area contributed by atoms with Gasteiger partial charge in [0.15, 0.2) is 5.67 Å². The number of hydrogen-bond acceptors (Lipinski definition) is 5. The molecule has 2 aromatic rings. The van der Waals surface area contributed by atoms with Crippen LogP contribution in [-0.4, -0.2) is 24.0 Å². The van der Waals surface area contributed by atoms with Crippen molar-refractivity contribution in [3.8, 4) is 10.4 Å². The quantitative estimate of drug-likeness (QED) is 0.691. The standard InChI is InChI=1S/C14H11FN2O4S/c15-14(6-21-7-14)9-3-1-8(2-4-9)11-5-10(12(16)18)13(22-11)17(19)20/h1-5H,6-7H2,(H2,16,18). The number of thiophene rings is 1. The molecule has 0 unspecified atom stereocenters. The van der Waals surface area contributed by atoms with Crippen LogP contribution in [0.1, 0.15) is 15.9 Å². The van der Waals surface area contributed by atoms with Crippen LogP contribution in [0.15, 0.2) is 30.3 Å². The second-order valence-corrected chi connectivity index (χ2v) is 6.02. The number of alkyl halides is 1. The molecule has 0 atom stereocenters. The van der Waals surface area contributed by atoms with Crippen LogP contribution in [0.5, 0.6) is 0 Å². The molecule has 22 heavy (non-hydrogen) atoms. The van der Waals surface area contributed by atoms with Crippen LogP contribution in [0.3, 0.4) is 0 Å². The van der Waals surface area contributed by atoms with Crippen LogP contribution < -0.4 is 5.73 Å². The number of benzene rings is 1. The Bertz CT molecular complexity index is 721. The van der Waals surface area contributed by atoms with Crippen molar-refractivity contribution in [3.05, 3.63) is 51.6 Å². The van der Waals surface area contributed by atoms with Crippen molar-refractivity contribution < 1.29 is 18.8 Å². The maximum atomic E-state index is 14.2. The van der Waals surface area contributed by atoms with Crippen molar-refractivity contribution in [2.24, 2.45) is 5.73 Å². The first kappa shape index (κ1) is 14.6. The first-order chi connectivity index (χ1) is 10.4. The van der Waals surface area contributed by atoms with E-state index in [1.165, 1.54) is 6.07 Å². The van der Waals surface area contributed by atoms with Crippen molar-refractivity contribution in [2.75, 3.05) is 13.2 Å². The Morgan fingerprint density at radius 3 is 2.41 bits per heavy atom. The van der Waals surface area contributed by atoms with E-state index in [0.29, 0.717) is 16.0 Å². The predicted octanol–water partition coefficient (Wildman–Crippen LogP) is 2.62. The van der Waals surface area contributed by atoms with E-state index >= 15 is 0 Å². The Kier molecular flexibility index (Phi) is 3.42. The summed E-state index contributed by atoms with van der Waals surface area (Å²) < 4.78 is 19.1. The number of rotatable bonds is 4. The Morgan fingerprint density at radius 1 is 1.36 bits per heavy atom. The van der Waals surface area contributed by atoms with Gasteiger partial charge in [-0.15, -0.1) is 0 Å². The highest BCUT2D eigenvalue weighted by molar-refractivity contribution is 7.19. The third-order valence-electron chi connectivity index (χ3n) is 3.49. The van der Waals surface area contributed by atoms with Gasteiger partial charge in [-0.1, -0.05) is 35.6 Å². The first-order valence-electron chi connectivity index (χ1n) is 6.36. The molecule has 1 amide bonds. The van der Waals surface area contributed by atoms with Crippen molar-refractivity contribution in [1.82, 2.24) is 0 Å². The number of nitrogens with zero attached hydrogens (tertiary/aromatic N) is 1. The van der Waals surface area contributed by atoms with Gasteiger partial charge in [0.2, 0.25) is 0 Å². The fourth-order valence-corrected chi connectivity index (χ4v) is 3.20. The lowest BCUT2D eigenvalue weighted by Crippen LogP contribution is -2.42. The highest BCUT2D eigenvalue weighted by atomic mass is 32.1. The van der Waals surface area contributed by atoms with Gasteiger partial charge in [-0.3, -0.25) is 14.9 Å². The fourth-order valence-electron chi connectivity index (χ4n) is 2.22. The molecule has 1 aliphatic rings. The Labute approximate surface area is 128 Å². The molecule has 0 aliphatic carbocycles. The minimum absolute atomic E-state index is 0.0304. The Balaban J connectivity index is 1.96. The summed E-state index contributed by atoms with van der Waals surface area (Å²) in [5.74, 6) is -0.847. The summed E-state index contributed by atoms with van der Waals surface area (Å²) in [7, 11) is 0. The lowest BCUT2D eigenvalue weighted by Gasteiger charge is -2.34. The lowest BCUT2D eigenvalue weighted by atomic mass is 9.93. The van der Waals surface area contributed by atoms with Gasteiger partial charge in [-0.2, -0.15) is 0 Å². The van der Waals surface area contributed by atoms with Gasteiger partial charge in [0.25, 0.3) is 5.91 Å². The maximum Gasteiger partial charge on any atom is 0.337 e. The smallest absolute Gasteiger partial charge is 0.337 e. The molecular weight excluding hydrogens is 311 g/mol. The largest absolute Gasteiger partial charge is 0.374 e. The average molecular weight is 322 g/mol. The van der Waals surface area contributed by atoms with E-state index in [1.807, 2.05) is 0 Å². The summed E-state index contributed by atoms with van der Waals surface area (Å²) in [5, 5.41) is 10.7. The summed E-state index contributed by atoms with van der Waals surface area (Å²) in [6, 6.07) is 7.95. The van der Waals surface area contributed by atoms with E-state index in [9.17, 15) is 19.3 Å². The minimum Gasteiger partial charge on any atom is -0.374 e. The van der Waals surface area contributed by atoms with Crippen LogP contribution in [-0.2, 0) is 10.4 Å². The highest BCUT2D eigenvalue weighted by Gasteiger charge is 2.40. The van der Waals surface area contributed by atoms with Crippen LogP contribution >= 0.6 is 11.3 Å². The number of carbonyl (C=O) groups excluding carboxylic acids is 1. The molecular formula is C14H11FN2O4S. The van der Waals surface area contributed by atoms with Crippen molar-refractivity contribution in [3.63, 3.8) is 0 Å². The van der Waals surface area contributed by atoms with E-state index in [0.717, 1.165) is 11.3 Å². The first-order valence-corrected chi connectivity index (χ1v) is 7.18. The molecule has 8 heteroatoms. The van der Waals surface area contributed by atoms with Gasteiger partial charge in [0.05, 0.1) is 18.1 Å². The third kappa shape index (κ3) is 2.36. The Morgan fingerprint density at radius 2 is 2.00 bits per heavy atom. The van der Waals surface area contributed by atoms with Crippen molar-refractivity contribution in [2.45, 2.75) is 5.67 Å². The van der Waals surface area contributed by atoms with Crippen LogP contribution in [0, 0.1) is 10.1 Å². The highest BCUT2D eigenvalue weighted by Crippen LogP contribution is 2.38. The molecule has 0 spiro atoms. The monoisotopic (exact) mass is 322 g/mol. The molecule has 0 radical (unpaired) electrons. The zero-order valence-corrected chi connectivity index (χ0v) is 12.1. The number of halogens is 1. The normalized spacial score (nSPS) is 16.0. The average Bonchev–Trinajstić information content (AvgIpc) is 2.90. The summed E-state index contributed by atoms with van der Waals surface area (Å²) in [5.41, 5.74) is 4.73. The topological polar surface area (TPSA) is 95.5 Å². The minimum atomic E-state index is -1.46. The predicted molar refractivity (Wildman–Crippen MR) is 78.5 cm³/mol. The summed E-state index contributed by atoms with van der Waals surface area (Å²) >= 11 is 0.864. The zero-order chi connectivity index (χ0) is 15.9. The number of nitro groups is 1. The van der Waals surface area contributed by atoms with E-state index in [4.69, 9.17) is 10.5 Å². The molecule has 0 saturated carbocycles. The molecule has 1 aliphatic heterocycles. The number of amides is 1. The van der Waals surface area contributed by atoms with Crippen molar-refractivity contribution >= 4 is 22.2 Å². The molecule has 1 aromatic heterocycles. The summed E-state index contributed by atoms with van der Waals surface area (Å²) in [4.78, 5) is 22.1. The molecule has 0 bridgehead atoms. The van der Waals surface area contributed by atoms with Crippen LogP contribution in [0.25, 0.3) is 10.4 Å². The third-order valence-corrected chi connectivity index (χ3v) is 4.63. The lowest BCUT2D eigenvalue weighted by molar-refractivity contribution is -0.380. The molecule has 1 aromatic carbocycles. The number of ether oxygens (including phenoxy) is 1. The maximum absolute atomic E-state index is 14.2. The molecule has 1 saturated heterocycles. The second-order valence-electron chi connectivity index (χ2n) is 4.99. The van der Waals surface area contributed by atoms with Gasteiger partial charge >= 0.3 is 5.00 Å². The van der Waals surface area contributed by atoms with Gasteiger partial charge in [0, 0.05) is 4.88 Å². The van der Waals surface area contributed by atoms with E-state index < -0.39 is 16.5 Å². The second kappa shape index (κ2) is 5.15. The van der Waals surface area contributed by atoms with E-state index in [2.05, 4.69) is 0 Å². The SMILES string of the molecule is NC(=O)c1cc(-c2ccc(C3(F)COC3)cc2)sc1[N+](=O)[O-]. The molecule has 114 valence electrons. The number of primary amides is 1. The molecule has 1 fully saturated rings. The van der Waals surface area contributed by atoms with Crippen LogP contribution in [0.2, 0.25) is 0 Å². The summed E-state index contributed by atoms with van der Waals surface area (Å²) in [6.07, 6.45) is 0. The Hall–Kier alpha value is -2.32. The molecule has 6 nitrogen and oxygen atoms in total. The number of nitrogens with two attached hydrogens (primary N) is 1. The fraction of sp³-hybridized carbons (Fsp3) is 0.214. The van der Waals surface area contributed by atoms with Gasteiger partial charge < -0.3 is 10.5 Å². The number of carbonyl (C=O) groups is 1. The molecule has 3 rings (SSSR count). The van der Waals surface area contributed by atoms with Gasteiger partial charge in [-0.25, -0.2) is 4.39 Å². The van der Waals surface area contributed by atoms with Gasteiger partial charge in [-0.05, 0) is 17.2 Å². The molecule has 2 heterocycles. The van der Waals surface area contributed by atoms with Crippen LogP contribution in [0.4, 0.5) is 9.39 Å². The van der Waals surface area contributed by atoms with E-state index in [-0.39, 0.29) is 23.8 Å². The molecule has 2 N–H and O–H groups in total. The number of hydrogen-bond donors (Lipinski definition) is 1.